The molecule has 17 heavy (non-hydrogen) atoms. The Morgan fingerprint density at radius 2 is 2.06 bits per heavy atom. The molecule has 0 saturated heterocycles. The molecule has 1 saturated carbocycles. The van der Waals surface area contributed by atoms with Crippen molar-refractivity contribution in [1.82, 2.24) is 4.31 Å². The molecule has 1 aliphatic carbocycles. The molecule has 4 nitrogen and oxygen atoms in total. The Hall–Kier alpha value is -0.780. The summed E-state index contributed by atoms with van der Waals surface area (Å²) in [6.45, 7) is 0.432. The number of anilines is 1. The fourth-order valence-electron chi connectivity index (χ4n) is 2.16. The molecule has 6 heteroatoms. The summed E-state index contributed by atoms with van der Waals surface area (Å²) >= 11 is 5.89. The zero-order chi connectivity index (χ0) is 12.2. The Bertz CT molecular complexity index is 569. The van der Waals surface area contributed by atoms with E-state index in [1.54, 1.807) is 19.2 Å². The van der Waals surface area contributed by atoms with Crippen LogP contribution in [0.4, 0.5) is 5.69 Å². The summed E-state index contributed by atoms with van der Waals surface area (Å²) < 4.78 is 25.7. The van der Waals surface area contributed by atoms with Crippen molar-refractivity contribution in [2.24, 2.45) is 0 Å². The minimum absolute atomic E-state index is 0.325. The molecule has 3 rings (SSSR count). The van der Waals surface area contributed by atoms with E-state index < -0.39 is 10.0 Å². The largest absolute Gasteiger partial charge is 0.353 e. The number of hydrogen-bond donors (Lipinski definition) is 0. The first-order valence-electron chi connectivity index (χ1n) is 5.53. The lowest BCUT2D eigenvalue weighted by Gasteiger charge is -2.36. The topological polar surface area (TPSA) is 40.6 Å². The second kappa shape index (κ2) is 3.60. The van der Waals surface area contributed by atoms with Gasteiger partial charge in [-0.1, -0.05) is 11.6 Å². The summed E-state index contributed by atoms with van der Waals surface area (Å²) in [7, 11) is -1.77. The molecule has 0 radical (unpaired) electrons. The predicted molar refractivity (Wildman–Crippen MR) is 66.8 cm³/mol. The lowest BCUT2D eigenvalue weighted by atomic mass is 10.3. The number of rotatable bonds is 1. The minimum atomic E-state index is -3.37. The Morgan fingerprint density at radius 3 is 2.71 bits per heavy atom. The van der Waals surface area contributed by atoms with Gasteiger partial charge in [-0.05, 0) is 31.0 Å². The summed E-state index contributed by atoms with van der Waals surface area (Å²) in [6.07, 6.45) is 2.27. The first kappa shape index (κ1) is 11.3. The van der Waals surface area contributed by atoms with Crippen LogP contribution in [0.25, 0.3) is 0 Å². The Kier molecular flexibility index (Phi) is 2.40. The summed E-state index contributed by atoms with van der Waals surface area (Å²) in [4.78, 5) is 2.47. The van der Waals surface area contributed by atoms with Crippen LogP contribution in [-0.4, -0.2) is 32.5 Å². The fraction of sp³-hybridized carbons (Fsp3) is 0.455. The average Bonchev–Trinajstić information content (AvgIpc) is 3.08. The van der Waals surface area contributed by atoms with Crippen LogP contribution in [0.2, 0.25) is 5.02 Å². The maximum absolute atomic E-state index is 12.2. The summed E-state index contributed by atoms with van der Waals surface area (Å²) in [6, 6.07) is 5.57. The monoisotopic (exact) mass is 272 g/mol. The standard InChI is InChI=1S/C11H13ClN2O2S/c1-13-7-14(9-3-4-9)10-5-2-8(12)6-11(10)17(13,15)16/h2,5-6,9H,3-4,7H2,1H3. The highest BCUT2D eigenvalue weighted by atomic mass is 35.5. The van der Waals surface area contributed by atoms with Gasteiger partial charge in [0.05, 0.1) is 12.4 Å². The highest BCUT2D eigenvalue weighted by molar-refractivity contribution is 7.89. The number of nitrogens with zero attached hydrogens (tertiary/aromatic N) is 2. The molecule has 1 aromatic rings. The summed E-state index contributed by atoms with van der Waals surface area (Å²) in [5, 5.41) is 0.457. The molecule has 0 amide bonds. The van der Waals surface area contributed by atoms with E-state index in [0.717, 1.165) is 18.5 Å². The number of sulfonamides is 1. The van der Waals surface area contributed by atoms with Crippen LogP contribution in [0.5, 0.6) is 0 Å². The Labute approximate surface area is 106 Å². The van der Waals surface area contributed by atoms with Crippen molar-refractivity contribution in [3.05, 3.63) is 23.2 Å². The maximum atomic E-state index is 12.2. The Balaban J connectivity index is 2.19. The van der Waals surface area contributed by atoms with E-state index >= 15 is 0 Å². The van der Waals surface area contributed by atoms with E-state index in [4.69, 9.17) is 11.6 Å². The quantitative estimate of drug-likeness (QED) is 0.784. The Morgan fingerprint density at radius 1 is 1.35 bits per heavy atom. The van der Waals surface area contributed by atoms with Gasteiger partial charge in [0.25, 0.3) is 0 Å². The molecule has 0 atom stereocenters. The third-order valence-corrected chi connectivity index (χ3v) is 5.31. The van der Waals surface area contributed by atoms with E-state index in [9.17, 15) is 8.42 Å². The van der Waals surface area contributed by atoms with Gasteiger partial charge in [-0.2, -0.15) is 4.31 Å². The summed E-state index contributed by atoms with van der Waals surface area (Å²) in [5.41, 5.74) is 0.787. The average molecular weight is 273 g/mol. The SMILES string of the molecule is CN1CN(C2CC2)c2ccc(Cl)cc2S1(=O)=O. The molecule has 0 bridgehead atoms. The van der Waals surface area contributed by atoms with E-state index in [-0.39, 0.29) is 0 Å². The zero-order valence-corrected chi connectivity index (χ0v) is 11.0. The molecule has 1 aliphatic heterocycles. The smallest absolute Gasteiger partial charge is 0.246 e. The van der Waals surface area contributed by atoms with Gasteiger partial charge in [-0.3, -0.25) is 0 Å². The van der Waals surface area contributed by atoms with Crippen LogP contribution in [0.15, 0.2) is 23.1 Å². The van der Waals surface area contributed by atoms with Crippen molar-refractivity contribution in [3.8, 4) is 0 Å². The van der Waals surface area contributed by atoms with Crippen molar-refractivity contribution < 1.29 is 8.42 Å². The molecule has 92 valence electrons. The molecule has 0 aromatic heterocycles. The van der Waals surface area contributed by atoms with Gasteiger partial charge in [0.2, 0.25) is 10.0 Å². The molecule has 0 spiro atoms. The van der Waals surface area contributed by atoms with Crippen LogP contribution >= 0.6 is 11.6 Å². The third kappa shape index (κ3) is 1.73. The molecule has 1 fully saturated rings. The van der Waals surface area contributed by atoms with E-state index in [0.29, 0.717) is 22.6 Å². The van der Waals surface area contributed by atoms with Gasteiger partial charge < -0.3 is 4.90 Å². The fourth-order valence-corrected chi connectivity index (χ4v) is 3.74. The zero-order valence-electron chi connectivity index (χ0n) is 9.43. The molecule has 1 aromatic carbocycles. The molecule has 1 heterocycles. The van der Waals surface area contributed by atoms with E-state index in [1.165, 1.54) is 10.4 Å². The molecule has 0 N–H and O–H groups in total. The van der Waals surface area contributed by atoms with Crippen molar-refractivity contribution in [2.75, 3.05) is 18.6 Å². The van der Waals surface area contributed by atoms with Crippen molar-refractivity contribution in [3.63, 3.8) is 0 Å². The van der Waals surface area contributed by atoms with Crippen molar-refractivity contribution in [1.29, 1.82) is 0 Å². The highest BCUT2D eigenvalue weighted by Crippen LogP contribution is 2.40. The molecule has 2 aliphatic rings. The van der Waals surface area contributed by atoms with Crippen molar-refractivity contribution in [2.45, 2.75) is 23.8 Å². The second-order valence-electron chi connectivity index (χ2n) is 4.56. The van der Waals surface area contributed by atoms with Gasteiger partial charge >= 0.3 is 0 Å². The third-order valence-electron chi connectivity index (χ3n) is 3.26. The normalized spacial score (nSPS) is 23.5. The van der Waals surface area contributed by atoms with Crippen LogP contribution in [-0.2, 0) is 10.0 Å². The number of benzene rings is 1. The van der Waals surface area contributed by atoms with Crippen LogP contribution in [0.3, 0.4) is 0 Å². The minimum Gasteiger partial charge on any atom is -0.353 e. The predicted octanol–water partition coefficient (Wildman–Crippen LogP) is 1.90. The van der Waals surface area contributed by atoms with Gasteiger partial charge in [0, 0.05) is 18.1 Å². The number of hydrogen-bond acceptors (Lipinski definition) is 3. The van der Waals surface area contributed by atoms with Gasteiger partial charge in [-0.15, -0.1) is 0 Å². The lowest BCUT2D eigenvalue weighted by molar-refractivity contribution is 0.447. The van der Waals surface area contributed by atoms with Crippen LogP contribution in [0.1, 0.15) is 12.8 Å². The molecule has 0 unspecified atom stereocenters. The van der Waals surface area contributed by atoms with Crippen LogP contribution in [0, 0.1) is 0 Å². The van der Waals surface area contributed by atoms with Gasteiger partial charge in [0.1, 0.15) is 4.90 Å². The van der Waals surface area contributed by atoms with E-state index in [2.05, 4.69) is 4.90 Å². The molecular weight excluding hydrogens is 260 g/mol. The summed E-state index contributed by atoms with van der Waals surface area (Å²) in [5.74, 6) is 0. The van der Waals surface area contributed by atoms with Gasteiger partial charge in [0.15, 0.2) is 0 Å². The highest BCUT2D eigenvalue weighted by Gasteiger charge is 2.39. The first-order valence-corrected chi connectivity index (χ1v) is 7.34. The first-order chi connectivity index (χ1) is 8.00. The second-order valence-corrected chi connectivity index (χ2v) is 7.01. The molecular formula is C11H13ClN2O2S. The van der Waals surface area contributed by atoms with E-state index in [1.807, 2.05) is 0 Å². The lowest BCUT2D eigenvalue weighted by Crippen LogP contribution is -2.45. The number of halogens is 1. The van der Waals surface area contributed by atoms with Gasteiger partial charge in [-0.25, -0.2) is 8.42 Å². The van der Waals surface area contributed by atoms with Crippen molar-refractivity contribution >= 4 is 27.3 Å². The van der Waals surface area contributed by atoms with Crippen LogP contribution < -0.4 is 4.90 Å². The maximum Gasteiger partial charge on any atom is 0.246 e. The number of fused-ring (bicyclic) bond motifs is 1.